The summed E-state index contributed by atoms with van der Waals surface area (Å²) in [7, 11) is 0. The summed E-state index contributed by atoms with van der Waals surface area (Å²) >= 11 is 13.4. The van der Waals surface area contributed by atoms with Crippen molar-refractivity contribution in [2.75, 3.05) is 6.54 Å². The van der Waals surface area contributed by atoms with Crippen LogP contribution in [0, 0.1) is 0 Å². The summed E-state index contributed by atoms with van der Waals surface area (Å²) in [6, 6.07) is 5.26. The summed E-state index contributed by atoms with van der Waals surface area (Å²) in [6.07, 6.45) is 3.68. The molecule has 0 aliphatic heterocycles. The molecule has 4 nitrogen and oxygen atoms in total. The molecule has 24 heavy (non-hydrogen) atoms. The molecule has 1 unspecified atom stereocenters. The lowest BCUT2D eigenvalue weighted by Gasteiger charge is -2.07. The molecule has 0 fully saturated rings. The molecule has 0 aliphatic carbocycles. The number of nitrogens with two attached hydrogens (primary N) is 1. The summed E-state index contributed by atoms with van der Waals surface area (Å²) in [4.78, 5) is 16.5. The van der Waals surface area contributed by atoms with Gasteiger partial charge >= 0.3 is 0 Å². The maximum absolute atomic E-state index is 12.2. The highest BCUT2D eigenvalue weighted by Gasteiger charge is 2.14. The SMILES string of the molecule is CCCCC(N)c1nc(C(=O)NCCc2ccc(Cl)cc2Cl)cs1. The number of nitrogens with one attached hydrogen (secondary N) is 1. The van der Waals surface area contributed by atoms with Crippen LogP contribution in [-0.2, 0) is 6.42 Å². The van der Waals surface area contributed by atoms with Crippen LogP contribution < -0.4 is 11.1 Å². The highest BCUT2D eigenvalue weighted by atomic mass is 35.5. The van der Waals surface area contributed by atoms with E-state index in [1.165, 1.54) is 11.3 Å². The number of hydrogen-bond acceptors (Lipinski definition) is 4. The lowest BCUT2D eigenvalue weighted by atomic mass is 10.1. The fourth-order valence-electron chi connectivity index (χ4n) is 2.24. The number of nitrogens with zero attached hydrogens (tertiary/aromatic N) is 1. The van der Waals surface area contributed by atoms with E-state index in [1.807, 2.05) is 6.07 Å². The Morgan fingerprint density at radius 3 is 2.92 bits per heavy atom. The normalized spacial score (nSPS) is 12.2. The predicted octanol–water partition coefficient (Wildman–Crippen LogP) is 4.61. The third-order valence-electron chi connectivity index (χ3n) is 3.64. The summed E-state index contributed by atoms with van der Waals surface area (Å²) in [6.45, 7) is 2.61. The molecule has 1 atom stereocenters. The van der Waals surface area contributed by atoms with Crippen LogP contribution in [-0.4, -0.2) is 17.4 Å². The molecule has 0 saturated heterocycles. The first-order valence-corrected chi connectivity index (χ1v) is 9.58. The first-order chi connectivity index (χ1) is 11.5. The number of benzene rings is 1. The van der Waals surface area contributed by atoms with Crippen molar-refractivity contribution in [2.45, 2.75) is 38.6 Å². The lowest BCUT2D eigenvalue weighted by Crippen LogP contribution is -2.26. The second-order valence-corrected chi connectivity index (χ2v) is 7.29. The minimum Gasteiger partial charge on any atom is -0.350 e. The Morgan fingerprint density at radius 1 is 1.42 bits per heavy atom. The van der Waals surface area contributed by atoms with E-state index in [9.17, 15) is 4.79 Å². The topological polar surface area (TPSA) is 68.0 Å². The monoisotopic (exact) mass is 385 g/mol. The van der Waals surface area contributed by atoms with Crippen molar-refractivity contribution >= 4 is 40.4 Å². The smallest absolute Gasteiger partial charge is 0.270 e. The quantitative estimate of drug-likeness (QED) is 0.696. The van der Waals surface area contributed by atoms with E-state index in [-0.39, 0.29) is 11.9 Å². The molecular formula is C17H21Cl2N3OS. The number of unbranched alkanes of at least 4 members (excludes halogenated alkanes) is 1. The van der Waals surface area contributed by atoms with Gasteiger partial charge in [0.1, 0.15) is 10.7 Å². The number of carbonyl (C=O) groups is 1. The molecule has 1 aromatic carbocycles. The lowest BCUT2D eigenvalue weighted by molar-refractivity contribution is 0.0949. The van der Waals surface area contributed by atoms with Gasteiger partial charge in [0, 0.05) is 22.0 Å². The Hall–Kier alpha value is -1.14. The standard InChI is InChI=1S/C17H21Cl2N3OS/c1-2-3-4-14(20)17-22-15(10-24-17)16(23)21-8-7-11-5-6-12(18)9-13(11)19/h5-6,9-10,14H,2-4,7-8,20H2,1H3,(H,21,23). The van der Waals surface area contributed by atoms with Gasteiger partial charge in [0.2, 0.25) is 0 Å². The van der Waals surface area contributed by atoms with Crippen molar-refractivity contribution in [3.05, 3.63) is 49.9 Å². The van der Waals surface area contributed by atoms with E-state index in [2.05, 4.69) is 17.2 Å². The van der Waals surface area contributed by atoms with Crippen LogP contribution in [0.25, 0.3) is 0 Å². The van der Waals surface area contributed by atoms with Crippen LogP contribution in [0.1, 0.15) is 53.3 Å². The molecule has 3 N–H and O–H groups in total. The first kappa shape index (κ1) is 19.2. The molecule has 0 saturated carbocycles. The van der Waals surface area contributed by atoms with Gasteiger partial charge in [-0.2, -0.15) is 0 Å². The summed E-state index contributed by atoms with van der Waals surface area (Å²) in [5, 5.41) is 6.63. The number of amides is 1. The molecule has 0 bridgehead atoms. The average Bonchev–Trinajstić information content (AvgIpc) is 3.04. The van der Waals surface area contributed by atoms with Gasteiger partial charge in [0.05, 0.1) is 6.04 Å². The number of carbonyl (C=O) groups excluding carboxylic acids is 1. The zero-order chi connectivity index (χ0) is 17.5. The zero-order valence-electron chi connectivity index (χ0n) is 13.5. The van der Waals surface area contributed by atoms with Crippen molar-refractivity contribution in [3.63, 3.8) is 0 Å². The van der Waals surface area contributed by atoms with Gasteiger partial charge in [0.15, 0.2) is 0 Å². The van der Waals surface area contributed by atoms with E-state index < -0.39 is 0 Å². The van der Waals surface area contributed by atoms with Crippen molar-refractivity contribution in [2.24, 2.45) is 5.73 Å². The van der Waals surface area contributed by atoms with Gasteiger partial charge < -0.3 is 11.1 Å². The van der Waals surface area contributed by atoms with Crippen LogP contribution >= 0.6 is 34.5 Å². The van der Waals surface area contributed by atoms with Gasteiger partial charge in [-0.05, 0) is 30.5 Å². The third kappa shape index (κ3) is 5.45. The van der Waals surface area contributed by atoms with Gasteiger partial charge in [-0.25, -0.2) is 4.98 Å². The van der Waals surface area contributed by atoms with Crippen LogP contribution in [0.2, 0.25) is 10.0 Å². The molecule has 2 aromatic rings. The fraction of sp³-hybridized carbons (Fsp3) is 0.412. The van der Waals surface area contributed by atoms with E-state index in [1.54, 1.807) is 17.5 Å². The molecule has 1 heterocycles. The van der Waals surface area contributed by atoms with E-state index in [4.69, 9.17) is 28.9 Å². The summed E-state index contributed by atoms with van der Waals surface area (Å²) in [5.74, 6) is -0.190. The van der Waals surface area contributed by atoms with Crippen molar-refractivity contribution < 1.29 is 4.79 Å². The Morgan fingerprint density at radius 2 is 2.21 bits per heavy atom. The second kappa shape index (κ2) is 9.37. The average molecular weight is 386 g/mol. The highest BCUT2D eigenvalue weighted by Crippen LogP contribution is 2.22. The third-order valence-corrected chi connectivity index (χ3v) is 5.20. The predicted molar refractivity (Wildman–Crippen MR) is 101 cm³/mol. The maximum atomic E-state index is 12.2. The summed E-state index contributed by atoms with van der Waals surface area (Å²) < 4.78 is 0. The van der Waals surface area contributed by atoms with E-state index in [0.717, 1.165) is 29.8 Å². The van der Waals surface area contributed by atoms with E-state index >= 15 is 0 Å². The number of hydrogen-bond donors (Lipinski definition) is 2. The first-order valence-electron chi connectivity index (χ1n) is 7.94. The highest BCUT2D eigenvalue weighted by molar-refractivity contribution is 7.09. The Bertz CT molecular complexity index is 690. The van der Waals surface area contributed by atoms with Crippen LogP contribution in [0.15, 0.2) is 23.6 Å². The molecular weight excluding hydrogens is 365 g/mol. The van der Waals surface area contributed by atoms with Crippen LogP contribution in [0.5, 0.6) is 0 Å². The van der Waals surface area contributed by atoms with Crippen molar-refractivity contribution in [1.82, 2.24) is 10.3 Å². The Labute approximate surface area is 156 Å². The fourth-order valence-corrected chi connectivity index (χ4v) is 3.57. The molecule has 7 heteroatoms. The van der Waals surface area contributed by atoms with Crippen LogP contribution in [0.3, 0.4) is 0 Å². The molecule has 1 amide bonds. The number of thiazole rings is 1. The van der Waals surface area contributed by atoms with E-state index in [0.29, 0.717) is 28.7 Å². The second-order valence-electron chi connectivity index (χ2n) is 5.56. The number of aromatic nitrogens is 1. The molecule has 130 valence electrons. The van der Waals surface area contributed by atoms with Gasteiger partial charge in [-0.1, -0.05) is 49.0 Å². The molecule has 2 rings (SSSR count). The molecule has 0 aliphatic rings. The van der Waals surface area contributed by atoms with Gasteiger partial charge in [0.25, 0.3) is 5.91 Å². The maximum Gasteiger partial charge on any atom is 0.270 e. The largest absolute Gasteiger partial charge is 0.350 e. The number of halogens is 2. The minimum absolute atomic E-state index is 0.0932. The molecule has 0 radical (unpaired) electrons. The zero-order valence-corrected chi connectivity index (χ0v) is 15.8. The molecule has 0 spiro atoms. The van der Waals surface area contributed by atoms with Crippen LogP contribution in [0.4, 0.5) is 0 Å². The summed E-state index contributed by atoms with van der Waals surface area (Å²) in [5.41, 5.74) is 7.46. The number of rotatable bonds is 8. The Balaban J connectivity index is 1.85. The van der Waals surface area contributed by atoms with Crippen molar-refractivity contribution in [1.29, 1.82) is 0 Å². The van der Waals surface area contributed by atoms with Gasteiger partial charge in [-0.3, -0.25) is 4.79 Å². The van der Waals surface area contributed by atoms with Gasteiger partial charge in [-0.15, -0.1) is 11.3 Å². The van der Waals surface area contributed by atoms with Crippen molar-refractivity contribution in [3.8, 4) is 0 Å². The Kier molecular flexibility index (Phi) is 7.49. The minimum atomic E-state index is -0.190. The molecule has 1 aromatic heterocycles.